The molecule has 0 spiro atoms. The van der Waals surface area contributed by atoms with E-state index in [2.05, 4.69) is 9.97 Å². The first-order valence-corrected chi connectivity index (χ1v) is 13.9. The number of aromatic nitrogens is 3. The predicted octanol–water partition coefficient (Wildman–Crippen LogP) is 4.31. The average Bonchev–Trinajstić information content (AvgIpc) is 2.91. The van der Waals surface area contributed by atoms with E-state index >= 15 is 0 Å². The molecule has 0 aliphatic heterocycles. The Morgan fingerprint density at radius 1 is 1.03 bits per heavy atom. The molecule has 0 bridgehead atoms. The fourth-order valence-corrected chi connectivity index (χ4v) is 5.67. The number of benzene rings is 2. The third-order valence-electron chi connectivity index (χ3n) is 6.26. The van der Waals surface area contributed by atoms with Crippen molar-refractivity contribution in [3.8, 4) is 17.0 Å². The van der Waals surface area contributed by atoms with Crippen molar-refractivity contribution in [1.29, 1.82) is 0 Å². The standard InChI is InChI=1S/C29H31N3O6S/c1-19(2)38-18-26-31-28(33)27(29(34)32(26)25(17-37-4)22-8-6-5-7-9-22)39(35,36)23-12-10-21(11-13-23)24-14-15-30-16-20(24)3/h5-16,19,25,33H,17-18H2,1-4H3/t25-/m0/s1. The van der Waals surface area contributed by atoms with E-state index in [-0.39, 0.29) is 30.0 Å². The lowest BCUT2D eigenvalue weighted by Gasteiger charge is -2.24. The minimum Gasteiger partial charge on any atom is -0.492 e. The number of aryl methyl sites for hydroxylation is 1. The van der Waals surface area contributed by atoms with Crippen LogP contribution in [0.15, 0.2) is 87.6 Å². The van der Waals surface area contributed by atoms with E-state index in [1.165, 1.54) is 23.8 Å². The van der Waals surface area contributed by atoms with Crippen molar-refractivity contribution in [2.75, 3.05) is 13.7 Å². The summed E-state index contributed by atoms with van der Waals surface area (Å²) < 4.78 is 39.8. The summed E-state index contributed by atoms with van der Waals surface area (Å²) in [5, 5.41) is 10.8. The van der Waals surface area contributed by atoms with Crippen molar-refractivity contribution in [2.45, 2.75) is 49.3 Å². The van der Waals surface area contributed by atoms with Crippen LogP contribution in [-0.4, -0.2) is 47.9 Å². The van der Waals surface area contributed by atoms with Gasteiger partial charge < -0.3 is 14.6 Å². The molecule has 0 radical (unpaired) electrons. The largest absolute Gasteiger partial charge is 0.492 e. The van der Waals surface area contributed by atoms with Gasteiger partial charge in [-0.05, 0) is 61.2 Å². The first-order valence-electron chi connectivity index (χ1n) is 12.4. The van der Waals surface area contributed by atoms with Gasteiger partial charge in [-0.25, -0.2) is 8.42 Å². The Morgan fingerprint density at radius 2 is 1.72 bits per heavy atom. The van der Waals surface area contributed by atoms with Gasteiger partial charge in [0, 0.05) is 19.5 Å². The minimum absolute atomic E-state index is 0.0600. The van der Waals surface area contributed by atoms with E-state index in [1.54, 1.807) is 24.5 Å². The first-order chi connectivity index (χ1) is 18.6. The molecule has 0 aliphatic rings. The Labute approximate surface area is 227 Å². The van der Waals surface area contributed by atoms with Crippen LogP contribution in [0.25, 0.3) is 11.1 Å². The molecule has 0 aliphatic carbocycles. The zero-order valence-corrected chi connectivity index (χ0v) is 23.1. The Kier molecular flexibility index (Phi) is 8.59. The van der Waals surface area contributed by atoms with E-state index < -0.39 is 32.2 Å². The molecule has 10 heteroatoms. The highest BCUT2D eigenvalue weighted by Crippen LogP contribution is 2.30. The van der Waals surface area contributed by atoms with E-state index in [4.69, 9.17) is 9.47 Å². The Hall–Kier alpha value is -3.86. The lowest BCUT2D eigenvalue weighted by atomic mass is 10.0. The van der Waals surface area contributed by atoms with Gasteiger partial charge in [0.1, 0.15) is 12.4 Å². The van der Waals surface area contributed by atoms with Crippen molar-refractivity contribution in [1.82, 2.24) is 14.5 Å². The Morgan fingerprint density at radius 3 is 2.33 bits per heavy atom. The first kappa shape index (κ1) is 28.2. The number of rotatable bonds is 10. The van der Waals surface area contributed by atoms with Gasteiger partial charge in [-0.15, -0.1) is 0 Å². The molecular formula is C29H31N3O6S. The lowest BCUT2D eigenvalue weighted by Crippen LogP contribution is -2.35. The number of sulfone groups is 1. The quantitative estimate of drug-likeness (QED) is 0.311. The monoisotopic (exact) mass is 549 g/mol. The summed E-state index contributed by atoms with van der Waals surface area (Å²) in [6, 6.07) is 16.3. The summed E-state index contributed by atoms with van der Waals surface area (Å²) in [6.07, 6.45) is 3.19. The van der Waals surface area contributed by atoms with Crippen molar-refractivity contribution in [3.05, 3.63) is 100 Å². The molecule has 0 fully saturated rings. The number of ether oxygens (including phenoxy) is 2. The van der Waals surface area contributed by atoms with Crippen LogP contribution >= 0.6 is 0 Å². The number of hydrogen-bond donors (Lipinski definition) is 1. The lowest BCUT2D eigenvalue weighted by molar-refractivity contribution is 0.0557. The molecule has 9 nitrogen and oxygen atoms in total. The summed E-state index contributed by atoms with van der Waals surface area (Å²) in [5.74, 6) is -0.795. The fourth-order valence-electron chi connectivity index (χ4n) is 4.33. The van der Waals surface area contributed by atoms with Crippen LogP contribution in [0.3, 0.4) is 0 Å². The van der Waals surface area contributed by atoms with Crippen molar-refractivity contribution in [2.24, 2.45) is 0 Å². The highest BCUT2D eigenvalue weighted by Gasteiger charge is 2.32. The van der Waals surface area contributed by atoms with Gasteiger partial charge in [-0.3, -0.25) is 14.3 Å². The molecule has 0 amide bonds. The maximum absolute atomic E-state index is 14.0. The molecule has 1 atom stereocenters. The number of pyridine rings is 1. The maximum atomic E-state index is 14.0. The van der Waals surface area contributed by atoms with Crippen LogP contribution in [0.2, 0.25) is 0 Å². The fraction of sp³-hybridized carbons (Fsp3) is 0.276. The molecule has 2 heterocycles. The number of nitrogens with zero attached hydrogens (tertiary/aromatic N) is 3. The molecule has 0 saturated carbocycles. The summed E-state index contributed by atoms with van der Waals surface area (Å²) in [7, 11) is -2.96. The average molecular weight is 550 g/mol. The number of methoxy groups -OCH3 is 1. The molecule has 4 aromatic rings. The third kappa shape index (κ3) is 5.93. The highest BCUT2D eigenvalue weighted by molar-refractivity contribution is 7.91. The van der Waals surface area contributed by atoms with Crippen LogP contribution in [0, 0.1) is 6.92 Å². The topological polar surface area (TPSA) is 121 Å². The molecule has 0 saturated heterocycles. The summed E-state index contributed by atoms with van der Waals surface area (Å²) in [4.78, 5) is 21.3. The molecule has 204 valence electrons. The van der Waals surface area contributed by atoms with Crippen molar-refractivity contribution in [3.63, 3.8) is 0 Å². The van der Waals surface area contributed by atoms with Gasteiger partial charge in [-0.2, -0.15) is 4.98 Å². The van der Waals surface area contributed by atoms with Gasteiger partial charge in [-0.1, -0.05) is 42.5 Å². The summed E-state index contributed by atoms with van der Waals surface area (Å²) >= 11 is 0. The van der Waals surface area contributed by atoms with E-state index in [1.807, 2.05) is 57.2 Å². The minimum atomic E-state index is -4.45. The smallest absolute Gasteiger partial charge is 0.277 e. The molecule has 2 aromatic carbocycles. The van der Waals surface area contributed by atoms with Crippen molar-refractivity contribution < 1.29 is 23.0 Å². The molecular weight excluding hydrogens is 518 g/mol. The zero-order valence-electron chi connectivity index (χ0n) is 22.2. The van der Waals surface area contributed by atoms with Gasteiger partial charge in [0.2, 0.25) is 15.7 Å². The SMILES string of the molecule is COC[C@@H](c1ccccc1)n1c(COC(C)C)nc(O)c(S(=O)(=O)c2ccc(-c3ccncc3C)cc2)c1=O. The molecule has 2 aromatic heterocycles. The van der Waals surface area contributed by atoms with Crippen LogP contribution in [-0.2, 0) is 25.9 Å². The van der Waals surface area contributed by atoms with Crippen LogP contribution < -0.4 is 5.56 Å². The zero-order chi connectivity index (χ0) is 28.2. The maximum Gasteiger partial charge on any atom is 0.277 e. The van der Waals surface area contributed by atoms with Crippen LogP contribution in [0.5, 0.6) is 5.88 Å². The van der Waals surface area contributed by atoms with Crippen molar-refractivity contribution >= 4 is 9.84 Å². The number of hydrogen-bond acceptors (Lipinski definition) is 8. The molecule has 0 unspecified atom stereocenters. The third-order valence-corrected chi connectivity index (χ3v) is 8.05. The summed E-state index contributed by atoms with van der Waals surface area (Å²) in [5.41, 5.74) is 2.42. The predicted molar refractivity (Wildman–Crippen MR) is 146 cm³/mol. The molecule has 1 N–H and O–H groups in total. The van der Waals surface area contributed by atoms with E-state index in [0.717, 1.165) is 16.7 Å². The summed E-state index contributed by atoms with van der Waals surface area (Å²) in [6.45, 7) is 5.50. The van der Waals surface area contributed by atoms with Gasteiger partial charge in [0.25, 0.3) is 5.56 Å². The Bertz CT molecular complexity index is 1600. The van der Waals surface area contributed by atoms with E-state index in [0.29, 0.717) is 5.56 Å². The number of aromatic hydroxyl groups is 1. The van der Waals surface area contributed by atoms with Gasteiger partial charge >= 0.3 is 0 Å². The second-order valence-electron chi connectivity index (χ2n) is 9.32. The highest BCUT2D eigenvalue weighted by atomic mass is 32.2. The second kappa shape index (κ2) is 11.9. The van der Waals surface area contributed by atoms with Gasteiger partial charge in [0.05, 0.1) is 23.6 Å². The van der Waals surface area contributed by atoms with E-state index in [9.17, 15) is 18.3 Å². The second-order valence-corrected chi connectivity index (χ2v) is 11.2. The Balaban J connectivity index is 1.88. The molecule has 4 rings (SSSR count). The normalized spacial score (nSPS) is 12.5. The van der Waals surface area contributed by atoms with Crippen LogP contribution in [0.1, 0.15) is 36.8 Å². The molecule has 39 heavy (non-hydrogen) atoms. The van der Waals surface area contributed by atoms with Gasteiger partial charge in [0.15, 0.2) is 4.90 Å². The van der Waals surface area contributed by atoms with Crippen LogP contribution in [0.4, 0.5) is 0 Å².